The molecule has 1 aliphatic rings. The molecule has 24 heavy (non-hydrogen) atoms. The topological polar surface area (TPSA) is 32.8 Å². The second-order valence-corrected chi connectivity index (χ2v) is 7.48. The number of likely N-dealkylation sites (tertiary alicyclic amines) is 1. The summed E-state index contributed by atoms with van der Waals surface area (Å²) in [6.07, 6.45) is 1.76. The first kappa shape index (κ1) is 18.8. The minimum absolute atomic E-state index is 0.0934. The number of likely N-dealkylation sites (N-methyl/N-ethyl adjacent to an activating group) is 1. The number of rotatable bonds is 5. The van der Waals surface area contributed by atoms with E-state index >= 15 is 0 Å². The van der Waals surface area contributed by atoms with Crippen LogP contribution in [0.1, 0.15) is 50.7 Å². The molecule has 1 aromatic rings. The summed E-state index contributed by atoms with van der Waals surface area (Å²) in [5, 5.41) is 0. The van der Waals surface area contributed by atoms with Crippen molar-refractivity contribution in [3.63, 3.8) is 0 Å². The van der Waals surface area contributed by atoms with Crippen LogP contribution in [-0.2, 0) is 4.79 Å². The van der Waals surface area contributed by atoms with Gasteiger partial charge in [0.1, 0.15) is 5.75 Å². The van der Waals surface area contributed by atoms with Crippen LogP contribution in [0.25, 0.3) is 0 Å². The third-order valence-electron chi connectivity index (χ3n) is 4.97. The largest absolute Gasteiger partial charge is 0.481 e. The third-order valence-corrected chi connectivity index (χ3v) is 4.97. The van der Waals surface area contributed by atoms with Crippen LogP contribution in [0.5, 0.6) is 5.75 Å². The van der Waals surface area contributed by atoms with E-state index in [0.717, 1.165) is 37.2 Å². The second-order valence-electron chi connectivity index (χ2n) is 7.48. The molecule has 1 heterocycles. The minimum Gasteiger partial charge on any atom is -0.481 e. The SMILES string of the molecule is Cc1ccc(C(C)C)cc1OC(C)C(=O)N1CCCC(N(C)C)C1. The van der Waals surface area contributed by atoms with Gasteiger partial charge in [0.05, 0.1) is 0 Å². The number of carbonyl (C=O) groups is 1. The van der Waals surface area contributed by atoms with E-state index in [-0.39, 0.29) is 5.91 Å². The van der Waals surface area contributed by atoms with Gasteiger partial charge >= 0.3 is 0 Å². The lowest BCUT2D eigenvalue weighted by molar-refractivity contribution is -0.139. The number of carbonyl (C=O) groups excluding carboxylic acids is 1. The fourth-order valence-electron chi connectivity index (χ4n) is 3.18. The van der Waals surface area contributed by atoms with E-state index < -0.39 is 6.10 Å². The third kappa shape index (κ3) is 4.50. The van der Waals surface area contributed by atoms with E-state index in [1.807, 2.05) is 18.7 Å². The molecule has 1 amide bonds. The Bertz CT molecular complexity index is 569. The highest BCUT2D eigenvalue weighted by Crippen LogP contribution is 2.26. The zero-order valence-corrected chi connectivity index (χ0v) is 16.0. The highest BCUT2D eigenvalue weighted by atomic mass is 16.5. The lowest BCUT2D eigenvalue weighted by Gasteiger charge is -2.37. The molecule has 134 valence electrons. The van der Waals surface area contributed by atoms with E-state index in [0.29, 0.717) is 12.0 Å². The summed E-state index contributed by atoms with van der Waals surface area (Å²) in [6, 6.07) is 6.72. The van der Waals surface area contributed by atoms with E-state index in [1.165, 1.54) is 5.56 Å². The molecular weight excluding hydrogens is 300 g/mol. The normalized spacial score (nSPS) is 19.7. The highest BCUT2D eigenvalue weighted by Gasteiger charge is 2.28. The number of ether oxygens (including phenoxy) is 1. The Hall–Kier alpha value is -1.55. The summed E-state index contributed by atoms with van der Waals surface area (Å²) < 4.78 is 6.04. The van der Waals surface area contributed by atoms with Gasteiger partial charge in [-0.15, -0.1) is 0 Å². The van der Waals surface area contributed by atoms with Crippen LogP contribution in [0, 0.1) is 6.92 Å². The summed E-state index contributed by atoms with van der Waals surface area (Å²) >= 11 is 0. The quantitative estimate of drug-likeness (QED) is 0.828. The summed E-state index contributed by atoms with van der Waals surface area (Å²) in [5.41, 5.74) is 2.31. The Balaban J connectivity index is 2.05. The monoisotopic (exact) mass is 332 g/mol. The summed E-state index contributed by atoms with van der Waals surface area (Å²) in [4.78, 5) is 17.0. The molecule has 0 aliphatic carbocycles. The van der Waals surface area contributed by atoms with E-state index in [1.54, 1.807) is 0 Å². The summed E-state index contributed by atoms with van der Waals surface area (Å²) in [6.45, 7) is 9.85. The molecule has 0 bridgehead atoms. The maximum Gasteiger partial charge on any atom is 0.263 e. The molecule has 1 saturated heterocycles. The first-order valence-electron chi connectivity index (χ1n) is 9.02. The van der Waals surface area contributed by atoms with Crippen LogP contribution in [0.4, 0.5) is 0 Å². The van der Waals surface area contributed by atoms with Gasteiger partial charge in [0, 0.05) is 19.1 Å². The molecule has 0 radical (unpaired) electrons. The van der Waals surface area contributed by atoms with Gasteiger partial charge in [-0.25, -0.2) is 0 Å². The molecule has 2 rings (SSSR count). The van der Waals surface area contributed by atoms with Crippen molar-refractivity contribution >= 4 is 5.91 Å². The van der Waals surface area contributed by atoms with Gasteiger partial charge in [0.15, 0.2) is 6.10 Å². The van der Waals surface area contributed by atoms with Gasteiger partial charge in [-0.3, -0.25) is 4.79 Å². The van der Waals surface area contributed by atoms with Gasteiger partial charge in [0.2, 0.25) is 0 Å². The van der Waals surface area contributed by atoms with Crippen LogP contribution in [-0.4, -0.2) is 55.0 Å². The maximum atomic E-state index is 12.8. The lowest BCUT2D eigenvalue weighted by atomic mass is 10.0. The first-order chi connectivity index (χ1) is 11.3. The number of aryl methyl sites for hydroxylation is 1. The predicted octanol–water partition coefficient (Wildman–Crippen LogP) is 3.44. The van der Waals surface area contributed by atoms with Crippen LogP contribution >= 0.6 is 0 Å². The van der Waals surface area contributed by atoms with Gasteiger partial charge < -0.3 is 14.5 Å². The van der Waals surface area contributed by atoms with E-state index in [9.17, 15) is 4.79 Å². The summed E-state index contributed by atoms with van der Waals surface area (Å²) in [5.74, 6) is 1.36. The second kappa shape index (κ2) is 8.02. The number of hydrogen-bond donors (Lipinski definition) is 0. The van der Waals surface area contributed by atoms with Crippen LogP contribution in [0.3, 0.4) is 0 Å². The van der Waals surface area contributed by atoms with Crippen LogP contribution in [0.15, 0.2) is 18.2 Å². The van der Waals surface area contributed by atoms with Crippen molar-refractivity contribution in [2.75, 3.05) is 27.2 Å². The minimum atomic E-state index is -0.452. The van der Waals surface area contributed by atoms with Gasteiger partial charge in [-0.1, -0.05) is 26.0 Å². The number of benzene rings is 1. The molecule has 2 unspecified atom stereocenters. The van der Waals surface area contributed by atoms with Crippen molar-refractivity contribution in [3.05, 3.63) is 29.3 Å². The summed E-state index contributed by atoms with van der Waals surface area (Å²) in [7, 11) is 4.17. The molecule has 0 spiro atoms. The maximum absolute atomic E-state index is 12.8. The fourth-order valence-corrected chi connectivity index (χ4v) is 3.18. The molecule has 0 N–H and O–H groups in total. The smallest absolute Gasteiger partial charge is 0.263 e. The molecule has 0 saturated carbocycles. The lowest BCUT2D eigenvalue weighted by Crippen LogP contribution is -2.50. The molecular formula is C20H32N2O2. The van der Waals surface area contributed by atoms with Crippen molar-refractivity contribution < 1.29 is 9.53 Å². The van der Waals surface area contributed by atoms with Gasteiger partial charge in [0.25, 0.3) is 5.91 Å². The Labute approximate surface area is 146 Å². The number of hydrogen-bond acceptors (Lipinski definition) is 3. The predicted molar refractivity (Wildman–Crippen MR) is 98.6 cm³/mol. The molecule has 4 nitrogen and oxygen atoms in total. The van der Waals surface area contributed by atoms with Crippen molar-refractivity contribution in [1.29, 1.82) is 0 Å². The van der Waals surface area contributed by atoms with Gasteiger partial charge in [-0.2, -0.15) is 0 Å². The number of amides is 1. The molecule has 1 aromatic carbocycles. The van der Waals surface area contributed by atoms with E-state index in [2.05, 4.69) is 51.0 Å². The Morgan fingerprint density at radius 1 is 1.29 bits per heavy atom. The van der Waals surface area contributed by atoms with E-state index in [4.69, 9.17) is 4.74 Å². The Morgan fingerprint density at radius 2 is 2.00 bits per heavy atom. The number of nitrogens with zero attached hydrogens (tertiary/aromatic N) is 2. The standard InChI is InChI=1S/C20H32N2O2/c1-14(2)17-10-9-15(3)19(12-17)24-16(4)20(23)22-11-7-8-18(13-22)21(5)6/h9-10,12,14,16,18H,7-8,11,13H2,1-6H3. The van der Waals surface area contributed by atoms with Crippen molar-refractivity contribution in [2.24, 2.45) is 0 Å². The first-order valence-corrected chi connectivity index (χ1v) is 9.02. The molecule has 1 aliphatic heterocycles. The van der Waals surface area contributed by atoms with Crippen molar-refractivity contribution in [2.45, 2.75) is 58.6 Å². The van der Waals surface area contributed by atoms with Crippen LogP contribution < -0.4 is 4.74 Å². The van der Waals surface area contributed by atoms with Crippen molar-refractivity contribution in [3.8, 4) is 5.75 Å². The average molecular weight is 332 g/mol. The Kier molecular flexibility index (Phi) is 6.27. The molecule has 2 atom stereocenters. The molecule has 4 heteroatoms. The molecule has 0 aromatic heterocycles. The fraction of sp³-hybridized carbons (Fsp3) is 0.650. The highest BCUT2D eigenvalue weighted by molar-refractivity contribution is 5.81. The van der Waals surface area contributed by atoms with Crippen LogP contribution in [0.2, 0.25) is 0 Å². The van der Waals surface area contributed by atoms with Gasteiger partial charge in [-0.05, 0) is 63.9 Å². The van der Waals surface area contributed by atoms with Crippen molar-refractivity contribution in [1.82, 2.24) is 9.80 Å². The molecule has 1 fully saturated rings. The Morgan fingerprint density at radius 3 is 2.62 bits per heavy atom. The zero-order chi connectivity index (χ0) is 17.9. The zero-order valence-electron chi connectivity index (χ0n) is 16.0. The average Bonchev–Trinajstić information content (AvgIpc) is 2.55. The number of piperidine rings is 1.